The predicted molar refractivity (Wildman–Crippen MR) is 80.5 cm³/mol. The van der Waals surface area contributed by atoms with Crippen molar-refractivity contribution >= 4 is 17.8 Å². The molecule has 0 N–H and O–H groups in total. The number of carbonyl (C=O) groups is 1. The van der Waals surface area contributed by atoms with Crippen LogP contribution in [0, 0.1) is 0 Å². The summed E-state index contributed by atoms with van der Waals surface area (Å²) in [4.78, 5) is 18.5. The average molecular weight is 326 g/mol. The van der Waals surface area contributed by atoms with Gasteiger partial charge in [0, 0.05) is 5.54 Å². The molecule has 4 nitrogen and oxygen atoms in total. The van der Waals surface area contributed by atoms with Crippen LogP contribution in [0.1, 0.15) is 31.9 Å². The zero-order valence-corrected chi connectivity index (χ0v) is 13.2. The number of amidine groups is 1. The predicted octanol–water partition coefficient (Wildman–Crippen LogP) is 3.69. The molecule has 23 heavy (non-hydrogen) atoms. The minimum atomic E-state index is -4.39. The van der Waals surface area contributed by atoms with E-state index >= 15 is 0 Å². The smallest absolute Gasteiger partial charge is 0.397 e. The molecule has 0 atom stereocenters. The fraction of sp³-hybridized carbons (Fsp3) is 0.375. The fourth-order valence-electron chi connectivity index (χ4n) is 2.24. The molecule has 1 aromatic rings. The maximum atomic E-state index is 12.6. The molecular formula is C16H17F3N2O2. The van der Waals surface area contributed by atoms with Crippen LogP contribution in [0.2, 0.25) is 0 Å². The monoisotopic (exact) mass is 326 g/mol. The summed E-state index contributed by atoms with van der Waals surface area (Å²) in [7, 11) is 1.37. The molecule has 1 fully saturated rings. The van der Waals surface area contributed by atoms with Crippen molar-refractivity contribution in [3.63, 3.8) is 0 Å². The van der Waals surface area contributed by atoms with E-state index in [0.717, 1.165) is 12.1 Å². The van der Waals surface area contributed by atoms with Gasteiger partial charge in [0.05, 0.1) is 11.1 Å². The van der Waals surface area contributed by atoms with Crippen molar-refractivity contribution in [1.82, 2.24) is 4.90 Å². The van der Waals surface area contributed by atoms with Crippen LogP contribution in [0.5, 0.6) is 0 Å². The molecule has 0 bridgehead atoms. The van der Waals surface area contributed by atoms with Gasteiger partial charge in [0.2, 0.25) is 0 Å². The number of amides is 1. The van der Waals surface area contributed by atoms with Gasteiger partial charge in [0.1, 0.15) is 7.11 Å². The van der Waals surface area contributed by atoms with Crippen LogP contribution < -0.4 is 0 Å². The van der Waals surface area contributed by atoms with Gasteiger partial charge >= 0.3 is 6.18 Å². The van der Waals surface area contributed by atoms with Gasteiger partial charge in [0.25, 0.3) is 5.91 Å². The number of oxime groups is 1. The first-order chi connectivity index (χ1) is 10.6. The largest absolute Gasteiger partial charge is 0.416 e. The van der Waals surface area contributed by atoms with Gasteiger partial charge in [-0.2, -0.15) is 13.2 Å². The number of carbonyl (C=O) groups excluding carboxylic acids is 1. The van der Waals surface area contributed by atoms with E-state index in [9.17, 15) is 18.0 Å². The molecule has 0 radical (unpaired) electrons. The number of likely N-dealkylation sites (tertiary alicyclic amines) is 1. The maximum absolute atomic E-state index is 12.6. The molecule has 7 heteroatoms. The van der Waals surface area contributed by atoms with E-state index in [1.807, 2.05) is 20.8 Å². The van der Waals surface area contributed by atoms with Crippen LogP contribution in [-0.4, -0.2) is 29.3 Å². The van der Waals surface area contributed by atoms with Crippen LogP contribution in [0.4, 0.5) is 13.2 Å². The first kappa shape index (κ1) is 17.1. The number of halogens is 3. The number of benzene rings is 1. The van der Waals surface area contributed by atoms with Crippen molar-refractivity contribution in [3.05, 3.63) is 41.0 Å². The van der Waals surface area contributed by atoms with Gasteiger partial charge in [-0.15, -0.1) is 0 Å². The van der Waals surface area contributed by atoms with Crippen molar-refractivity contribution in [3.8, 4) is 0 Å². The quantitative estimate of drug-likeness (QED) is 0.472. The van der Waals surface area contributed by atoms with Crippen LogP contribution in [-0.2, 0) is 15.8 Å². The summed E-state index contributed by atoms with van der Waals surface area (Å²) in [6, 6.07) is 4.58. The number of rotatable bonds is 2. The zero-order valence-electron chi connectivity index (χ0n) is 13.2. The normalized spacial score (nSPS) is 19.3. The zero-order chi connectivity index (χ0) is 17.4. The topological polar surface area (TPSA) is 41.9 Å². The molecule has 1 heterocycles. The Labute approximate surface area is 132 Å². The van der Waals surface area contributed by atoms with Gasteiger partial charge < -0.3 is 4.84 Å². The van der Waals surface area contributed by atoms with E-state index < -0.39 is 17.3 Å². The molecule has 0 spiro atoms. The molecule has 0 aliphatic carbocycles. The minimum Gasteiger partial charge on any atom is -0.397 e. The molecule has 0 aromatic heterocycles. The van der Waals surface area contributed by atoms with E-state index in [1.54, 1.807) is 0 Å². The number of hydrogen-bond acceptors (Lipinski definition) is 3. The third-order valence-electron chi connectivity index (χ3n) is 3.28. The van der Waals surface area contributed by atoms with Gasteiger partial charge in [-0.1, -0.05) is 17.3 Å². The molecule has 124 valence electrons. The Balaban J connectivity index is 2.32. The minimum absolute atomic E-state index is 0.242. The van der Waals surface area contributed by atoms with E-state index in [4.69, 9.17) is 4.84 Å². The van der Waals surface area contributed by atoms with Gasteiger partial charge in [0.15, 0.2) is 5.84 Å². The first-order valence-electron chi connectivity index (χ1n) is 6.91. The van der Waals surface area contributed by atoms with Gasteiger partial charge in [-0.05, 0) is 44.5 Å². The molecule has 1 aromatic carbocycles. The van der Waals surface area contributed by atoms with Crippen LogP contribution in [0.25, 0.3) is 6.08 Å². The third kappa shape index (κ3) is 3.38. The van der Waals surface area contributed by atoms with Crippen molar-refractivity contribution in [2.24, 2.45) is 5.16 Å². The van der Waals surface area contributed by atoms with Crippen LogP contribution >= 0.6 is 0 Å². The number of alkyl halides is 3. The highest BCUT2D eigenvalue weighted by Gasteiger charge is 2.45. The maximum Gasteiger partial charge on any atom is 0.416 e. The molecule has 1 aliphatic rings. The lowest BCUT2D eigenvalue weighted by atomic mass is 9.93. The summed E-state index contributed by atoms with van der Waals surface area (Å²) < 4.78 is 37.7. The molecule has 2 rings (SSSR count). The number of hydrogen-bond donors (Lipinski definition) is 0. The lowest BCUT2D eigenvalue weighted by molar-refractivity contribution is -0.137. The molecule has 1 amide bonds. The Morgan fingerprint density at radius 1 is 1.13 bits per heavy atom. The second-order valence-corrected chi connectivity index (χ2v) is 6.09. The standard InChI is InChI=1S/C16H17F3N2O2/c1-15(2,3)21-13(20-23-4)12(14(21)22)9-10-5-7-11(8-6-10)16(17,18)19/h5-9H,1-4H3/b12-9+,20-13+. The molecule has 1 aliphatic heterocycles. The van der Waals surface area contributed by atoms with Crippen LogP contribution in [0.15, 0.2) is 35.0 Å². The lowest BCUT2D eigenvalue weighted by Crippen LogP contribution is -2.60. The van der Waals surface area contributed by atoms with E-state index in [1.165, 1.54) is 30.2 Å². The van der Waals surface area contributed by atoms with Crippen molar-refractivity contribution in [2.75, 3.05) is 7.11 Å². The summed E-state index contributed by atoms with van der Waals surface area (Å²) in [5, 5.41) is 3.84. The van der Waals surface area contributed by atoms with E-state index in [2.05, 4.69) is 5.16 Å². The summed E-state index contributed by atoms with van der Waals surface area (Å²) in [6.45, 7) is 5.56. The van der Waals surface area contributed by atoms with E-state index in [0.29, 0.717) is 17.0 Å². The second kappa shape index (κ2) is 5.72. The number of β-lactam (4-membered cyclic amide) rings is 1. The summed E-state index contributed by atoms with van der Waals surface area (Å²) in [5.41, 5.74) is -0.409. The highest BCUT2D eigenvalue weighted by atomic mass is 19.4. The van der Waals surface area contributed by atoms with E-state index in [-0.39, 0.29) is 5.91 Å². The second-order valence-electron chi connectivity index (χ2n) is 6.09. The SMILES string of the molecule is CO/N=C1\C(=C/c2ccc(C(F)(F)F)cc2)C(=O)N1C(C)(C)C. The Hall–Kier alpha value is -2.31. The van der Waals surface area contributed by atoms with Crippen molar-refractivity contribution < 1.29 is 22.8 Å². The highest BCUT2D eigenvalue weighted by molar-refractivity contribution is 6.38. The molecule has 0 unspecified atom stereocenters. The van der Waals surface area contributed by atoms with Crippen molar-refractivity contribution in [2.45, 2.75) is 32.5 Å². The Kier molecular flexibility index (Phi) is 4.24. The first-order valence-corrected chi connectivity index (χ1v) is 6.91. The summed E-state index contributed by atoms with van der Waals surface area (Å²) >= 11 is 0. The summed E-state index contributed by atoms with van der Waals surface area (Å²) in [5.74, 6) is 0.123. The third-order valence-corrected chi connectivity index (χ3v) is 3.28. The molecule has 1 saturated heterocycles. The van der Waals surface area contributed by atoms with Crippen LogP contribution in [0.3, 0.4) is 0 Å². The summed E-state index contributed by atoms with van der Waals surface area (Å²) in [6.07, 6.45) is -2.88. The molecular weight excluding hydrogens is 309 g/mol. The average Bonchev–Trinajstić information content (AvgIpc) is 2.42. The molecule has 0 saturated carbocycles. The van der Waals surface area contributed by atoms with Gasteiger partial charge in [-0.3, -0.25) is 9.69 Å². The Morgan fingerprint density at radius 3 is 2.13 bits per heavy atom. The van der Waals surface area contributed by atoms with Crippen molar-refractivity contribution in [1.29, 1.82) is 0 Å². The fourth-order valence-corrected chi connectivity index (χ4v) is 2.24. The number of nitrogens with zero attached hydrogens (tertiary/aromatic N) is 2. The Bertz CT molecular complexity index is 668. The van der Waals surface area contributed by atoms with Gasteiger partial charge in [-0.25, -0.2) is 0 Å². The lowest BCUT2D eigenvalue weighted by Gasteiger charge is -2.43. The highest BCUT2D eigenvalue weighted by Crippen LogP contribution is 2.32. The Morgan fingerprint density at radius 2 is 1.70 bits per heavy atom.